The number of hydrogen-bond donors (Lipinski definition) is 1. The summed E-state index contributed by atoms with van der Waals surface area (Å²) in [5.41, 5.74) is 5.28. The quantitative estimate of drug-likeness (QED) is 0.689. The Kier molecular flexibility index (Phi) is 7.12. The van der Waals surface area contributed by atoms with Crippen LogP contribution in [0.4, 0.5) is 13.2 Å². The molecule has 1 heterocycles. The lowest BCUT2D eigenvalue weighted by atomic mass is 10.1. The third kappa shape index (κ3) is 6.06. The minimum absolute atomic E-state index is 0.156. The first-order valence-electron chi connectivity index (χ1n) is 8.22. The van der Waals surface area contributed by atoms with Crippen molar-refractivity contribution < 1.29 is 31.1 Å². The van der Waals surface area contributed by atoms with Crippen molar-refractivity contribution in [1.29, 1.82) is 0 Å². The molecule has 1 aromatic carbocycles. The van der Waals surface area contributed by atoms with Gasteiger partial charge in [-0.2, -0.15) is 17.5 Å². The van der Waals surface area contributed by atoms with E-state index < -0.39 is 41.0 Å². The number of carbonyl (C=O) groups is 1. The van der Waals surface area contributed by atoms with Gasteiger partial charge in [0, 0.05) is 24.6 Å². The Morgan fingerprint density at radius 1 is 1.33 bits per heavy atom. The van der Waals surface area contributed by atoms with E-state index in [1.54, 1.807) is 0 Å². The summed E-state index contributed by atoms with van der Waals surface area (Å²) in [4.78, 5) is 11.7. The van der Waals surface area contributed by atoms with Gasteiger partial charge in [0.15, 0.2) is 0 Å². The van der Waals surface area contributed by atoms with Crippen LogP contribution in [0.1, 0.15) is 19.3 Å². The number of rotatable bonds is 8. The molecule has 2 rings (SSSR count). The lowest BCUT2D eigenvalue weighted by Crippen LogP contribution is -2.50. The van der Waals surface area contributed by atoms with Crippen LogP contribution < -0.4 is 5.73 Å². The third-order valence-corrected chi connectivity index (χ3v) is 6.40. The topological polar surface area (TPSA) is 89.7 Å². The Labute approximate surface area is 160 Å². The van der Waals surface area contributed by atoms with E-state index in [1.807, 2.05) is 0 Å². The van der Waals surface area contributed by atoms with E-state index in [4.69, 9.17) is 22.1 Å². The van der Waals surface area contributed by atoms with Crippen molar-refractivity contribution in [2.45, 2.75) is 36.4 Å². The lowest BCUT2D eigenvalue weighted by molar-refractivity contribution is -0.140. The van der Waals surface area contributed by atoms with Gasteiger partial charge in [-0.25, -0.2) is 8.42 Å². The molecule has 11 heteroatoms. The van der Waals surface area contributed by atoms with Gasteiger partial charge in [-0.15, -0.1) is 0 Å². The standard InChI is InChI=1S/C16H20ClF3N2O4S/c17-12-1-3-13(4-2-12)27(24,25)22(9-11-6-8-26-10-11)14(15(21)23)5-7-16(18,19)20/h1-4,11,14H,5-10H2,(H2,21,23)/t11-,14-/m0/s1. The third-order valence-electron chi connectivity index (χ3n) is 4.26. The minimum atomic E-state index is -4.54. The first kappa shape index (κ1) is 21.9. The number of nitrogens with zero attached hydrogens (tertiary/aromatic N) is 1. The second kappa shape index (κ2) is 8.76. The summed E-state index contributed by atoms with van der Waals surface area (Å²) in [6.07, 6.45) is -6.08. The average Bonchev–Trinajstić information content (AvgIpc) is 3.06. The predicted molar refractivity (Wildman–Crippen MR) is 92.5 cm³/mol. The molecular formula is C16H20ClF3N2O4S. The van der Waals surface area contributed by atoms with Crippen LogP contribution in [-0.2, 0) is 19.6 Å². The molecular weight excluding hydrogens is 409 g/mol. The molecule has 27 heavy (non-hydrogen) atoms. The summed E-state index contributed by atoms with van der Waals surface area (Å²) in [5, 5.41) is 0.299. The van der Waals surface area contributed by atoms with Gasteiger partial charge in [0.1, 0.15) is 6.04 Å². The fourth-order valence-corrected chi connectivity index (χ4v) is 4.67. The van der Waals surface area contributed by atoms with E-state index in [0.29, 0.717) is 18.1 Å². The molecule has 2 N–H and O–H groups in total. The molecule has 0 spiro atoms. The van der Waals surface area contributed by atoms with Gasteiger partial charge in [-0.1, -0.05) is 11.6 Å². The number of alkyl halides is 3. The Hall–Kier alpha value is -1.36. The van der Waals surface area contributed by atoms with Crippen molar-refractivity contribution >= 4 is 27.5 Å². The summed E-state index contributed by atoms with van der Waals surface area (Å²) in [7, 11) is -4.27. The van der Waals surface area contributed by atoms with E-state index in [1.165, 1.54) is 24.3 Å². The van der Waals surface area contributed by atoms with Crippen LogP contribution in [0.25, 0.3) is 0 Å². The molecule has 1 aliphatic rings. The molecule has 1 saturated heterocycles. The van der Waals surface area contributed by atoms with Gasteiger partial charge in [-0.3, -0.25) is 4.79 Å². The molecule has 0 bridgehead atoms. The van der Waals surface area contributed by atoms with Crippen LogP contribution in [-0.4, -0.2) is 50.6 Å². The van der Waals surface area contributed by atoms with Crippen LogP contribution >= 0.6 is 11.6 Å². The minimum Gasteiger partial charge on any atom is -0.381 e. The van der Waals surface area contributed by atoms with Crippen molar-refractivity contribution in [3.05, 3.63) is 29.3 Å². The zero-order valence-corrected chi connectivity index (χ0v) is 15.9. The fraction of sp³-hybridized carbons (Fsp3) is 0.562. The molecule has 2 atom stereocenters. The maximum Gasteiger partial charge on any atom is 0.389 e. The summed E-state index contributed by atoms with van der Waals surface area (Å²) >= 11 is 5.77. The number of benzene rings is 1. The molecule has 0 unspecified atom stereocenters. The molecule has 152 valence electrons. The Balaban J connectivity index is 2.38. The number of amides is 1. The van der Waals surface area contributed by atoms with Crippen molar-refractivity contribution in [3.63, 3.8) is 0 Å². The number of hydrogen-bond acceptors (Lipinski definition) is 4. The van der Waals surface area contributed by atoms with Gasteiger partial charge < -0.3 is 10.5 Å². The fourth-order valence-electron chi connectivity index (χ4n) is 2.85. The zero-order chi connectivity index (χ0) is 20.2. The second-order valence-electron chi connectivity index (χ2n) is 6.33. The van der Waals surface area contributed by atoms with Crippen molar-refractivity contribution in [2.75, 3.05) is 19.8 Å². The molecule has 6 nitrogen and oxygen atoms in total. The highest BCUT2D eigenvalue weighted by Gasteiger charge is 2.39. The summed E-state index contributed by atoms with van der Waals surface area (Å²) in [6.45, 7) is 0.525. The van der Waals surface area contributed by atoms with Crippen molar-refractivity contribution in [2.24, 2.45) is 11.7 Å². The molecule has 0 aliphatic carbocycles. The molecule has 1 aromatic rings. The van der Waals surface area contributed by atoms with Crippen LogP contribution in [0, 0.1) is 5.92 Å². The van der Waals surface area contributed by atoms with E-state index in [2.05, 4.69) is 0 Å². The van der Waals surface area contributed by atoms with Gasteiger partial charge in [0.05, 0.1) is 11.5 Å². The maximum atomic E-state index is 13.1. The van der Waals surface area contributed by atoms with Crippen LogP contribution in [0.3, 0.4) is 0 Å². The molecule has 0 aromatic heterocycles. The molecule has 1 amide bonds. The highest BCUT2D eigenvalue weighted by atomic mass is 35.5. The van der Waals surface area contributed by atoms with E-state index in [-0.39, 0.29) is 24.0 Å². The normalized spacial score (nSPS) is 19.4. The maximum absolute atomic E-state index is 13.1. The van der Waals surface area contributed by atoms with Gasteiger partial charge in [-0.05, 0) is 43.0 Å². The smallest absolute Gasteiger partial charge is 0.381 e. The largest absolute Gasteiger partial charge is 0.389 e. The average molecular weight is 429 g/mol. The van der Waals surface area contributed by atoms with E-state index >= 15 is 0 Å². The number of nitrogens with two attached hydrogens (primary N) is 1. The highest BCUT2D eigenvalue weighted by molar-refractivity contribution is 7.89. The summed E-state index contributed by atoms with van der Waals surface area (Å²) in [5.74, 6) is -1.37. The molecule has 0 radical (unpaired) electrons. The van der Waals surface area contributed by atoms with Gasteiger partial charge in [0.25, 0.3) is 0 Å². The Morgan fingerprint density at radius 2 is 1.96 bits per heavy atom. The SMILES string of the molecule is NC(=O)[C@H](CCC(F)(F)F)N(C[C@@H]1CCOC1)S(=O)(=O)c1ccc(Cl)cc1. The summed E-state index contributed by atoms with van der Waals surface area (Å²) < 4.78 is 70.1. The monoisotopic (exact) mass is 428 g/mol. The van der Waals surface area contributed by atoms with E-state index in [0.717, 1.165) is 4.31 Å². The second-order valence-corrected chi connectivity index (χ2v) is 8.66. The van der Waals surface area contributed by atoms with Gasteiger partial charge in [0.2, 0.25) is 15.9 Å². The lowest BCUT2D eigenvalue weighted by Gasteiger charge is -2.31. The molecule has 1 aliphatic heterocycles. The Bertz CT molecular complexity index is 750. The van der Waals surface area contributed by atoms with Gasteiger partial charge >= 0.3 is 6.18 Å². The molecule has 1 fully saturated rings. The highest BCUT2D eigenvalue weighted by Crippen LogP contribution is 2.29. The van der Waals surface area contributed by atoms with E-state index in [9.17, 15) is 26.4 Å². The number of carbonyl (C=O) groups excluding carboxylic acids is 1. The number of ether oxygens (including phenoxy) is 1. The molecule has 0 saturated carbocycles. The van der Waals surface area contributed by atoms with Crippen LogP contribution in [0.2, 0.25) is 5.02 Å². The van der Waals surface area contributed by atoms with Crippen LogP contribution in [0.15, 0.2) is 29.2 Å². The summed E-state index contributed by atoms with van der Waals surface area (Å²) in [6, 6.07) is 3.54. The predicted octanol–water partition coefficient (Wildman–Crippen LogP) is 2.56. The zero-order valence-electron chi connectivity index (χ0n) is 14.3. The first-order chi connectivity index (χ1) is 12.5. The first-order valence-corrected chi connectivity index (χ1v) is 10.0. The van der Waals surface area contributed by atoms with Crippen molar-refractivity contribution in [3.8, 4) is 0 Å². The van der Waals surface area contributed by atoms with Crippen LogP contribution in [0.5, 0.6) is 0 Å². The number of halogens is 4. The van der Waals surface area contributed by atoms with Crippen molar-refractivity contribution in [1.82, 2.24) is 4.31 Å². The Morgan fingerprint density at radius 3 is 2.44 bits per heavy atom. The number of primary amides is 1. The number of sulfonamides is 1.